The molecule has 0 radical (unpaired) electrons. The number of amides is 3. The van der Waals surface area contributed by atoms with E-state index in [0.29, 0.717) is 19.4 Å². The second-order valence-electron chi connectivity index (χ2n) is 13.5. The maximum absolute atomic E-state index is 14.5. The molecule has 10 nitrogen and oxygen atoms in total. The summed E-state index contributed by atoms with van der Waals surface area (Å²) in [6, 6.07) is 33.7. The first kappa shape index (κ1) is 38.6. The van der Waals surface area contributed by atoms with Gasteiger partial charge in [0.25, 0.3) is 0 Å². The van der Waals surface area contributed by atoms with Gasteiger partial charge in [0.15, 0.2) is 6.04 Å². The zero-order valence-electron chi connectivity index (χ0n) is 30.4. The summed E-state index contributed by atoms with van der Waals surface area (Å²) < 4.78 is 10.4. The van der Waals surface area contributed by atoms with Gasteiger partial charge in [0.05, 0.1) is 7.11 Å². The predicted molar refractivity (Wildman–Crippen MR) is 214 cm³/mol. The number of rotatable bonds is 14. The van der Waals surface area contributed by atoms with Crippen LogP contribution in [0.2, 0.25) is 0 Å². The van der Waals surface area contributed by atoms with Gasteiger partial charge in [-0.15, -0.1) is 0 Å². The van der Waals surface area contributed by atoms with Crippen molar-refractivity contribution >= 4 is 58.0 Å². The molecule has 4 aromatic carbocycles. The van der Waals surface area contributed by atoms with Crippen molar-refractivity contribution in [3.8, 4) is 0 Å². The molecule has 1 fully saturated rings. The van der Waals surface area contributed by atoms with Crippen molar-refractivity contribution in [1.82, 2.24) is 15.5 Å². The summed E-state index contributed by atoms with van der Waals surface area (Å²) >= 11 is 6.74. The number of nitrogens with one attached hydrogen (secondary N) is 2. The lowest BCUT2D eigenvalue weighted by Gasteiger charge is -2.34. The highest BCUT2D eigenvalue weighted by molar-refractivity contribution is 8.22. The Kier molecular flexibility index (Phi) is 12.7. The van der Waals surface area contributed by atoms with Gasteiger partial charge in [-0.1, -0.05) is 133 Å². The molecule has 3 amide bonds. The summed E-state index contributed by atoms with van der Waals surface area (Å²) in [5, 5.41) is 7.90. The Morgan fingerprint density at radius 2 is 1.44 bits per heavy atom. The number of likely N-dealkylation sites (tertiary alicyclic amines) is 1. The quantitative estimate of drug-likeness (QED) is 0.144. The van der Waals surface area contributed by atoms with Crippen LogP contribution in [0.5, 0.6) is 0 Å². The van der Waals surface area contributed by atoms with Crippen molar-refractivity contribution in [3.63, 3.8) is 0 Å². The first-order chi connectivity index (χ1) is 26.2. The van der Waals surface area contributed by atoms with Gasteiger partial charge in [-0.25, -0.2) is 9.79 Å². The highest BCUT2D eigenvalue weighted by Crippen LogP contribution is 2.59. The lowest BCUT2D eigenvalue weighted by atomic mass is 10.0. The number of ether oxygens (including phenoxy) is 2. The average molecular weight is 765 g/mol. The van der Waals surface area contributed by atoms with E-state index >= 15 is 0 Å². The number of aliphatic imine (C=N–C) groups is 1. The van der Waals surface area contributed by atoms with Crippen molar-refractivity contribution in [2.24, 2.45) is 4.99 Å². The minimum atomic E-state index is -2.62. The van der Waals surface area contributed by atoms with Crippen LogP contribution in [0, 0.1) is 0 Å². The number of carbonyl (C=O) groups is 4. The molecular weight excluding hydrogens is 720 g/mol. The number of hydrogen-bond acceptors (Lipinski definition) is 8. The van der Waals surface area contributed by atoms with E-state index in [1.807, 2.05) is 97.1 Å². The van der Waals surface area contributed by atoms with Crippen LogP contribution in [0.25, 0.3) is 0 Å². The normalized spacial score (nSPS) is 18.4. The maximum atomic E-state index is 14.5. The summed E-state index contributed by atoms with van der Waals surface area (Å²) in [6.07, 6.45) is 1.46. The van der Waals surface area contributed by atoms with Crippen LogP contribution in [0.15, 0.2) is 126 Å². The Balaban J connectivity index is 1.23. The second kappa shape index (κ2) is 17.8. The zero-order valence-corrected chi connectivity index (χ0v) is 32.1. The van der Waals surface area contributed by atoms with Crippen LogP contribution in [-0.4, -0.2) is 78.9 Å². The first-order valence-electron chi connectivity index (χ1n) is 18.2. The van der Waals surface area contributed by atoms with Gasteiger partial charge in [-0.05, 0) is 41.5 Å². The van der Waals surface area contributed by atoms with E-state index in [-0.39, 0.29) is 36.9 Å². The van der Waals surface area contributed by atoms with Crippen molar-refractivity contribution in [2.45, 2.75) is 62.4 Å². The summed E-state index contributed by atoms with van der Waals surface area (Å²) in [6.45, 7) is 2.14. The molecule has 4 aromatic rings. The van der Waals surface area contributed by atoms with Crippen LogP contribution < -0.4 is 21.2 Å². The molecule has 1 saturated heterocycles. The van der Waals surface area contributed by atoms with E-state index in [4.69, 9.17) is 21.3 Å². The van der Waals surface area contributed by atoms with Crippen LogP contribution in [0.4, 0.5) is 0 Å². The smallest absolute Gasteiger partial charge is 0.334 e. The number of hydrogen-bond donors (Lipinski definition) is 2. The molecule has 2 N–H and O–H groups in total. The Labute approximate surface area is 321 Å². The molecule has 12 heteroatoms. The molecule has 0 aromatic heterocycles. The SMILES string of the molecule is COC(=O)[C@H]1COC([C@H](C)NC(=O)[C@@H](Cc2ccccc2)NC(=O)[C@@H]2CCCN2C(=O)C[C@@H](c2ccccc2)P(=S)(c2ccccc2)c2ccccc2)=N1. The molecule has 0 spiro atoms. The fourth-order valence-corrected chi connectivity index (χ4v) is 11.7. The topological polar surface area (TPSA) is 126 Å². The monoisotopic (exact) mass is 764 g/mol. The molecule has 0 unspecified atom stereocenters. The van der Waals surface area contributed by atoms with Gasteiger partial charge in [0.1, 0.15) is 24.7 Å². The lowest BCUT2D eigenvalue weighted by Crippen LogP contribution is -2.55. The maximum Gasteiger partial charge on any atom is 0.334 e. The van der Waals surface area contributed by atoms with Gasteiger partial charge in [0, 0.05) is 31.1 Å². The molecule has 6 rings (SSSR count). The Bertz CT molecular complexity index is 1960. The molecule has 0 bridgehead atoms. The first-order valence-corrected chi connectivity index (χ1v) is 21.0. The van der Waals surface area contributed by atoms with E-state index < -0.39 is 48.0 Å². The molecule has 2 heterocycles. The van der Waals surface area contributed by atoms with Gasteiger partial charge in [0.2, 0.25) is 23.6 Å². The third kappa shape index (κ3) is 8.80. The average Bonchev–Trinajstić information content (AvgIpc) is 3.92. The standard InChI is InChI=1S/C42H45N4O6PS/c1-29(41-45-35(28-52-41)42(50)51-2)43-39(48)34(26-30-16-7-3-8-17-30)44-40(49)36-24-15-25-46(36)38(47)27-37(31-18-9-4-10-19-31)53(54,32-20-11-5-12-21-32)33-22-13-6-14-23-33/h3-14,16-23,29,34-37H,15,24-28H2,1-2H3,(H,43,48)(H,44,49)/t29-,34+,35+,36-,37-/m0/s1. The van der Waals surface area contributed by atoms with Crippen LogP contribution in [0.1, 0.15) is 43.0 Å². The highest BCUT2D eigenvalue weighted by Gasteiger charge is 2.41. The fourth-order valence-electron chi connectivity index (χ4n) is 7.15. The molecule has 280 valence electrons. The van der Waals surface area contributed by atoms with E-state index in [1.54, 1.807) is 11.8 Å². The minimum absolute atomic E-state index is 0.0222. The van der Waals surface area contributed by atoms with Crippen molar-refractivity contribution in [1.29, 1.82) is 0 Å². The number of carbonyl (C=O) groups excluding carboxylic acids is 4. The van der Waals surface area contributed by atoms with Crippen LogP contribution in [-0.2, 0) is 46.9 Å². The number of benzene rings is 4. The molecule has 0 saturated carbocycles. The van der Waals surface area contributed by atoms with E-state index in [1.165, 1.54) is 7.11 Å². The van der Waals surface area contributed by atoms with Crippen molar-refractivity contribution < 1.29 is 28.7 Å². The number of nitrogens with zero attached hydrogens (tertiary/aromatic N) is 2. The lowest BCUT2D eigenvalue weighted by molar-refractivity contribution is -0.142. The zero-order chi connectivity index (χ0) is 38.1. The van der Waals surface area contributed by atoms with Crippen molar-refractivity contribution in [2.75, 3.05) is 20.3 Å². The summed E-state index contributed by atoms with van der Waals surface area (Å²) in [5.41, 5.74) is 1.50. The van der Waals surface area contributed by atoms with Gasteiger partial charge in [-0.2, -0.15) is 0 Å². The fraction of sp³-hybridized carbons (Fsp3) is 0.310. The molecule has 0 aliphatic carbocycles. The molecule has 2 aliphatic heterocycles. The Morgan fingerprint density at radius 1 is 0.870 bits per heavy atom. The van der Waals surface area contributed by atoms with Gasteiger partial charge in [-0.3, -0.25) is 14.4 Å². The van der Waals surface area contributed by atoms with Gasteiger partial charge < -0.3 is 25.0 Å². The second-order valence-corrected chi connectivity index (χ2v) is 18.2. The third-order valence-corrected chi connectivity index (χ3v) is 15.5. The molecule has 54 heavy (non-hydrogen) atoms. The summed E-state index contributed by atoms with van der Waals surface area (Å²) in [5.74, 6) is -1.32. The van der Waals surface area contributed by atoms with Gasteiger partial charge >= 0.3 is 5.97 Å². The largest absolute Gasteiger partial charge is 0.477 e. The van der Waals surface area contributed by atoms with E-state index in [2.05, 4.69) is 39.9 Å². The highest BCUT2D eigenvalue weighted by atomic mass is 32.4. The third-order valence-electron chi connectivity index (χ3n) is 9.94. The van der Waals surface area contributed by atoms with E-state index in [9.17, 15) is 19.2 Å². The van der Waals surface area contributed by atoms with Crippen LogP contribution >= 0.6 is 6.04 Å². The Morgan fingerprint density at radius 3 is 2.04 bits per heavy atom. The number of esters is 1. The van der Waals surface area contributed by atoms with Crippen LogP contribution in [0.3, 0.4) is 0 Å². The minimum Gasteiger partial charge on any atom is -0.477 e. The number of methoxy groups -OCH3 is 1. The molecule has 5 atom stereocenters. The molecule has 2 aliphatic rings. The van der Waals surface area contributed by atoms with E-state index in [0.717, 1.165) is 21.7 Å². The summed E-state index contributed by atoms with van der Waals surface area (Å²) in [7, 11) is 1.28. The Hall–Kier alpha value is -5.12. The predicted octanol–water partition coefficient (Wildman–Crippen LogP) is 4.44. The van der Waals surface area contributed by atoms with Crippen molar-refractivity contribution in [3.05, 3.63) is 132 Å². The summed E-state index contributed by atoms with van der Waals surface area (Å²) in [4.78, 5) is 60.4. The molecular formula is C42H45N4O6PS.